The lowest BCUT2D eigenvalue weighted by Gasteiger charge is -2.28. The van der Waals surface area contributed by atoms with Crippen LogP contribution < -0.4 is 5.32 Å². The van der Waals surface area contributed by atoms with E-state index in [-0.39, 0.29) is 24.5 Å². The van der Waals surface area contributed by atoms with E-state index < -0.39 is 5.97 Å². The van der Waals surface area contributed by atoms with Crippen molar-refractivity contribution in [2.24, 2.45) is 0 Å². The fourth-order valence-electron chi connectivity index (χ4n) is 2.47. The van der Waals surface area contributed by atoms with Gasteiger partial charge in [-0.15, -0.1) is 0 Å². The highest BCUT2D eigenvalue weighted by Gasteiger charge is 2.24. The van der Waals surface area contributed by atoms with E-state index in [1.165, 1.54) is 4.90 Å². The van der Waals surface area contributed by atoms with Crippen LogP contribution in [0.1, 0.15) is 50.3 Å². The van der Waals surface area contributed by atoms with E-state index in [0.29, 0.717) is 12.3 Å². The number of nitrogens with zero attached hydrogens (tertiary/aromatic N) is 2. The molecule has 0 fully saturated rings. The molecule has 2 unspecified atom stereocenters. The Kier molecular flexibility index (Phi) is 5.75. The van der Waals surface area contributed by atoms with Gasteiger partial charge in [-0.05, 0) is 34.6 Å². The maximum atomic E-state index is 12.3. The molecule has 2 amide bonds. The smallest absolute Gasteiger partial charge is 0.318 e. The van der Waals surface area contributed by atoms with Crippen molar-refractivity contribution < 1.29 is 19.2 Å². The Morgan fingerprint density at radius 3 is 2.43 bits per heavy atom. The van der Waals surface area contributed by atoms with Gasteiger partial charge in [0, 0.05) is 18.2 Å². The molecule has 0 radical (unpaired) electrons. The molecule has 0 bridgehead atoms. The standard InChI is InChI=1S/C14H23N3O4/c1-6-17(8(2)7-12(18)19)14(20)15-9(3)13-10(4)16-21-11(13)5/h8-9H,6-7H2,1-5H3,(H,15,20)(H,18,19). The SMILES string of the molecule is CCN(C(=O)NC(C)c1c(C)noc1C)C(C)CC(=O)O. The predicted octanol–water partition coefficient (Wildman–Crippen LogP) is 2.25. The number of aliphatic carboxylic acids is 1. The molecule has 1 heterocycles. The molecular formula is C14H23N3O4. The molecular weight excluding hydrogens is 274 g/mol. The summed E-state index contributed by atoms with van der Waals surface area (Å²) >= 11 is 0. The summed E-state index contributed by atoms with van der Waals surface area (Å²) in [5.41, 5.74) is 1.59. The van der Waals surface area contributed by atoms with Gasteiger partial charge in [0.05, 0.1) is 18.2 Å². The van der Waals surface area contributed by atoms with Gasteiger partial charge in [-0.1, -0.05) is 5.16 Å². The second kappa shape index (κ2) is 7.10. The number of carboxylic acids is 1. The lowest BCUT2D eigenvalue weighted by molar-refractivity contribution is -0.138. The molecule has 0 saturated heterocycles. The van der Waals surface area contributed by atoms with Crippen molar-refractivity contribution in [3.05, 3.63) is 17.0 Å². The molecule has 0 aliphatic carbocycles. The zero-order valence-electron chi connectivity index (χ0n) is 13.1. The molecule has 2 atom stereocenters. The number of carbonyl (C=O) groups excluding carboxylic acids is 1. The minimum Gasteiger partial charge on any atom is -0.481 e. The third kappa shape index (κ3) is 4.21. The Morgan fingerprint density at radius 1 is 1.38 bits per heavy atom. The molecule has 1 rings (SSSR count). The van der Waals surface area contributed by atoms with E-state index in [9.17, 15) is 9.59 Å². The number of hydrogen-bond acceptors (Lipinski definition) is 4. The van der Waals surface area contributed by atoms with Crippen LogP contribution >= 0.6 is 0 Å². The van der Waals surface area contributed by atoms with E-state index in [0.717, 1.165) is 11.3 Å². The number of nitrogens with one attached hydrogen (secondary N) is 1. The Hall–Kier alpha value is -2.05. The van der Waals surface area contributed by atoms with Crippen LogP contribution in [0.2, 0.25) is 0 Å². The Balaban J connectivity index is 2.76. The fourth-order valence-corrected chi connectivity index (χ4v) is 2.47. The molecule has 0 spiro atoms. The third-order valence-corrected chi connectivity index (χ3v) is 3.47. The Bertz CT molecular complexity index is 493. The average Bonchev–Trinajstić information content (AvgIpc) is 2.68. The van der Waals surface area contributed by atoms with Crippen molar-refractivity contribution in [1.82, 2.24) is 15.4 Å². The summed E-state index contributed by atoms with van der Waals surface area (Å²) in [7, 11) is 0. The van der Waals surface area contributed by atoms with Gasteiger partial charge in [0.15, 0.2) is 0 Å². The van der Waals surface area contributed by atoms with E-state index in [1.807, 2.05) is 20.8 Å². The van der Waals surface area contributed by atoms with Crippen LogP contribution in [0.25, 0.3) is 0 Å². The van der Waals surface area contributed by atoms with Crippen molar-refractivity contribution in [2.75, 3.05) is 6.54 Å². The minimum absolute atomic E-state index is 0.0824. The number of carbonyl (C=O) groups is 2. The highest BCUT2D eigenvalue weighted by Crippen LogP contribution is 2.21. The topological polar surface area (TPSA) is 95.7 Å². The van der Waals surface area contributed by atoms with Gasteiger partial charge in [-0.3, -0.25) is 4.79 Å². The molecule has 0 aliphatic rings. The summed E-state index contributed by atoms with van der Waals surface area (Å²) in [5, 5.41) is 15.6. The van der Waals surface area contributed by atoms with E-state index >= 15 is 0 Å². The van der Waals surface area contributed by atoms with Crippen LogP contribution in [0, 0.1) is 13.8 Å². The lowest BCUT2D eigenvalue weighted by Crippen LogP contribution is -2.46. The number of aromatic nitrogens is 1. The second-order valence-corrected chi connectivity index (χ2v) is 5.14. The van der Waals surface area contributed by atoms with E-state index in [2.05, 4.69) is 10.5 Å². The first kappa shape index (κ1) is 17.0. The van der Waals surface area contributed by atoms with Gasteiger partial charge >= 0.3 is 12.0 Å². The summed E-state index contributed by atoms with van der Waals surface area (Å²) in [6.45, 7) is 9.44. The first-order valence-corrected chi connectivity index (χ1v) is 6.99. The zero-order valence-corrected chi connectivity index (χ0v) is 13.1. The average molecular weight is 297 g/mol. The summed E-state index contributed by atoms with van der Waals surface area (Å²) in [6.07, 6.45) is -0.0824. The Labute approximate surface area is 124 Å². The summed E-state index contributed by atoms with van der Waals surface area (Å²) in [5.74, 6) is -0.255. The van der Waals surface area contributed by atoms with Crippen molar-refractivity contribution in [1.29, 1.82) is 0 Å². The maximum absolute atomic E-state index is 12.3. The molecule has 0 aliphatic heterocycles. The van der Waals surface area contributed by atoms with Crippen LogP contribution in [0.4, 0.5) is 4.79 Å². The largest absolute Gasteiger partial charge is 0.481 e. The van der Waals surface area contributed by atoms with Crippen LogP contribution in [-0.4, -0.2) is 39.8 Å². The Morgan fingerprint density at radius 2 is 2.00 bits per heavy atom. The van der Waals surface area contributed by atoms with Crippen molar-refractivity contribution in [3.8, 4) is 0 Å². The minimum atomic E-state index is -0.924. The van der Waals surface area contributed by atoms with Gasteiger partial charge in [-0.25, -0.2) is 4.79 Å². The number of amides is 2. The molecule has 2 N–H and O–H groups in total. The van der Waals surface area contributed by atoms with Gasteiger partial charge in [0.25, 0.3) is 0 Å². The van der Waals surface area contributed by atoms with Crippen LogP contribution in [0.3, 0.4) is 0 Å². The van der Waals surface area contributed by atoms with Gasteiger partial charge < -0.3 is 19.8 Å². The predicted molar refractivity (Wildman–Crippen MR) is 77.0 cm³/mol. The van der Waals surface area contributed by atoms with E-state index in [1.54, 1.807) is 13.8 Å². The summed E-state index contributed by atoms with van der Waals surface area (Å²) < 4.78 is 5.09. The third-order valence-electron chi connectivity index (χ3n) is 3.47. The van der Waals surface area contributed by atoms with Crippen molar-refractivity contribution >= 4 is 12.0 Å². The quantitative estimate of drug-likeness (QED) is 0.839. The maximum Gasteiger partial charge on any atom is 0.318 e. The molecule has 0 aromatic carbocycles. The number of rotatable bonds is 6. The number of hydrogen-bond donors (Lipinski definition) is 2. The van der Waals surface area contributed by atoms with Crippen LogP contribution in [0.15, 0.2) is 4.52 Å². The lowest BCUT2D eigenvalue weighted by atomic mass is 10.1. The molecule has 21 heavy (non-hydrogen) atoms. The highest BCUT2D eigenvalue weighted by molar-refractivity contribution is 5.76. The normalized spacial score (nSPS) is 13.6. The second-order valence-electron chi connectivity index (χ2n) is 5.14. The first-order valence-electron chi connectivity index (χ1n) is 6.99. The molecule has 0 saturated carbocycles. The van der Waals surface area contributed by atoms with Crippen LogP contribution in [0.5, 0.6) is 0 Å². The van der Waals surface area contributed by atoms with Gasteiger partial charge in [-0.2, -0.15) is 0 Å². The monoisotopic (exact) mass is 297 g/mol. The van der Waals surface area contributed by atoms with Crippen LogP contribution in [-0.2, 0) is 4.79 Å². The molecule has 7 heteroatoms. The van der Waals surface area contributed by atoms with Crippen molar-refractivity contribution in [3.63, 3.8) is 0 Å². The highest BCUT2D eigenvalue weighted by atomic mass is 16.5. The zero-order chi connectivity index (χ0) is 16.2. The van der Waals surface area contributed by atoms with Gasteiger partial charge in [0.1, 0.15) is 5.76 Å². The summed E-state index contributed by atoms with van der Waals surface area (Å²) in [6, 6.07) is -0.919. The first-order chi connectivity index (χ1) is 9.77. The molecule has 1 aromatic heterocycles. The number of aryl methyl sites for hydroxylation is 2. The fraction of sp³-hybridized carbons (Fsp3) is 0.643. The van der Waals surface area contributed by atoms with Gasteiger partial charge in [0.2, 0.25) is 0 Å². The van der Waals surface area contributed by atoms with E-state index in [4.69, 9.17) is 9.63 Å². The molecule has 7 nitrogen and oxygen atoms in total. The number of carboxylic acid groups (broad SMARTS) is 1. The molecule has 118 valence electrons. The van der Waals surface area contributed by atoms with Crippen molar-refractivity contribution in [2.45, 2.75) is 53.1 Å². The summed E-state index contributed by atoms with van der Waals surface area (Å²) in [4.78, 5) is 24.6. The molecule has 1 aromatic rings. The number of urea groups is 1.